The predicted molar refractivity (Wildman–Crippen MR) is 86.6 cm³/mol. The van der Waals surface area contributed by atoms with E-state index >= 15 is 0 Å². The molecule has 1 aromatic carbocycles. The zero-order valence-electron chi connectivity index (χ0n) is 12.0. The number of hydrogen-bond donors (Lipinski definition) is 1. The Morgan fingerprint density at radius 3 is 2.75 bits per heavy atom. The van der Waals surface area contributed by atoms with Gasteiger partial charge in [-0.3, -0.25) is 0 Å². The molecule has 110 valence electrons. The Morgan fingerprint density at radius 2 is 2.10 bits per heavy atom. The van der Waals surface area contributed by atoms with E-state index in [-0.39, 0.29) is 12.4 Å². The van der Waals surface area contributed by atoms with E-state index in [1.165, 1.54) is 17.7 Å². The number of fused-ring (bicyclic) bond motifs is 3. The van der Waals surface area contributed by atoms with Gasteiger partial charge in [0.1, 0.15) is 5.75 Å². The van der Waals surface area contributed by atoms with E-state index in [2.05, 4.69) is 24.0 Å². The van der Waals surface area contributed by atoms with Crippen molar-refractivity contribution in [1.82, 2.24) is 9.88 Å². The van der Waals surface area contributed by atoms with Gasteiger partial charge in [-0.2, -0.15) is 0 Å². The molecule has 0 spiro atoms. The third-order valence-electron chi connectivity index (χ3n) is 4.18. The molecule has 0 aliphatic heterocycles. The summed E-state index contributed by atoms with van der Waals surface area (Å²) in [6.45, 7) is 0. The van der Waals surface area contributed by atoms with Crippen molar-refractivity contribution < 1.29 is 4.74 Å². The third-order valence-corrected chi connectivity index (χ3v) is 4.49. The number of aromatic nitrogens is 1. The van der Waals surface area contributed by atoms with Crippen molar-refractivity contribution in [1.29, 1.82) is 0 Å². The molecule has 1 aliphatic rings. The number of H-pyrrole nitrogens is 1. The number of ether oxygens (including phenoxy) is 1. The lowest BCUT2D eigenvalue weighted by Crippen LogP contribution is -2.33. The van der Waals surface area contributed by atoms with E-state index < -0.39 is 0 Å². The van der Waals surface area contributed by atoms with Crippen molar-refractivity contribution in [3.8, 4) is 5.75 Å². The van der Waals surface area contributed by atoms with Crippen LogP contribution in [0.15, 0.2) is 12.1 Å². The number of hydrogen-bond acceptors (Lipinski definition) is 2. The second-order valence-electron chi connectivity index (χ2n) is 5.44. The summed E-state index contributed by atoms with van der Waals surface area (Å²) >= 11 is 6.40. The van der Waals surface area contributed by atoms with Crippen molar-refractivity contribution in [3.63, 3.8) is 0 Å². The molecule has 0 radical (unpaired) electrons. The number of benzene rings is 1. The van der Waals surface area contributed by atoms with Crippen LogP contribution in [-0.4, -0.2) is 37.1 Å². The van der Waals surface area contributed by atoms with Crippen molar-refractivity contribution in [2.24, 2.45) is 0 Å². The highest BCUT2D eigenvalue weighted by molar-refractivity contribution is 6.36. The van der Waals surface area contributed by atoms with Crippen LogP contribution >= 0.6 is 24.0 Å². The Hall–Kier alpha value is -0.900. The highest BCUT2D eigenvalue weighted by Crippen LogP contribution is 2.38. The van der Waals surface area contributed by atoms with E-state index in [1.807, 2.05) is 12.1 Å². The van der Waals surface area contributed by atoms with Gasteiger partial charge in [-0.15, -0.1) is 12.4 Å². The fourth-order valence-corrected chi connectivity index (χ4v) is 3.32. The van der Waals surface area contributed by atoms with Crippen LogP contribution in [0.3, 0.4) is 0 Å². The lowest BCUT2D eigenvalue weighted by Gasteiger charge is -2.28. The minimum atomic E-state index is 0. The highest BCUT2D eigenvalue weighted by atomic mass is 35.5. The summed E-state index contributed by atoms with van der Waals surface area (Å²) < 4.78 is 5.43. The van der Waals surface area contributed by atoms with Crippen LogP contribution in [0.5, 0.6) is 5.75 Å². The lowest BCUT2D eigenvalue weighted by atomic mass is 9.91. The first kappa shape index (κ1) is 15.5. The fourth-order valence-electron chi connectivity index (χ4n) is 3.05. The van der Waals surface area contributed by atoms with Crippen molar-refractivity contribution in [3.05, 3.63) is 28.4 Å². The van der Waals surface area contributed by atoms with E-state index in [4.69, 9.17) is 16.3 Å². The SMILES string of the molecule is COc1ccc(Cl)c2c3c([nH]c12)CCC(N(C)C)C3.Cl. The quantitative estimate of drug-likeness (QED) is 0.916. The molecule has 20 heavy (non-hydrogen) atoms. The molecule has 1 aliphatic carbocycles. The molecular formula is C15H20Cl2N2O. The van der Waals surface area contributed by atoms with Gasteiger partial charge >= 0.3 is 0 Å². The Morgan fingerprint density at radius 1 is 1.35 bits per heavy atom. The standard InChI is InChI=1S/C15H19ClN2O.ClH/c1-18(2)9-4-6-12-10(8-9)14-11(16)5-7-13(19-3)15(14)17-12;/h5,7,9,17H,4,6,8H2,1-3H3;1H. The zero-order chi connectivity index (χ0) is 13.6. The van der Waals surface area contributed by atoms with Gasteiger partial charge in [0.25, 0.3) is 0 Å². The average molecular weight is 315 g/mol. The van der Waals surface area contributed by atoms with Gasteiger partial charge in [0.05, 0.1) is 17.6 Å². The maximum absolute atomic E-state index is 6.40. The van der Waals surface area contributed by atoms with Gasteiger partial charge in [0.15, 0.2) is 0 Å². The number of rotatable bonds is 2. The Kier molecular flexibility index (Phi) is 4.52. The van der Waals surface area contributed by atoms with Gasteiger partial charge in [-0.25, -0.2) is 0 Å². The second-order valence-corrected chi connectivity index (χ2v) is 5.85. The molecule has 1 N–H and O–H groups in total. The van der Waals surface area contributed by atoms with Gasteiger partial charge < -0.3 is 14.6 Å². The Balaban J connectivity index is 0.00000147. The molecule has 0 fully saturated rings. The van der Waals surface area contributed by atoms with Crippen LogP contribution in [-0.2, 0) is 12.8 Å². The molecule has 1 heterocycles. The van der Waals surface area contributed by atoms with Crippen molar-refractivity contribution >= 4 is 34.9 Å². The van der Waals surface area contributed by atoms with Gasteiger partial charge in [0.2, 0.25) is 0 Å². The lowest BCUT2D eigenvalue weighted by molar-refractivity contribution is 0.268. The molecule has 0 amide bonds. The van der Waals surface area contributed by atoms with E-state index in [9.17, 15) is 0 Å². The summed E-state index contributed by atoms with van der Waals surface area (Å²) in [5.41, 5.74) is 3.72. The number of aromatic amines is 1. The van der Waals surface area contributed by atoms with Crippen LogP contribution in [0.1, 0.15) is 17.7 Å². The highest BCUT2D eigenvalue weighted by Gasteiger charge is 2.25. The normalized spacial score (nSPS) is 17.9. The number of aryl methyl sites for hydroxylation is 1. The third kappa shape index (κ3) is 2.39. The van der Waals surface area contributed by atoms with Crippen molar-refractivity contribution in [2.75, 3.05) is 21.2 Å². The van der Waals surface area contributed by atoms with Crippen molar-refractivity contribution in [2.45, 2.75) is 25.3 Å². The minimum Gasteiger partial charge on any atom is -0.495 e. The summed E-state index contributed by atoms with van der Waals surface area (Å²) in [4.78, 5) is 5.81. The summed E-state index contributed by atoms with van der Waals surface area (Å²) in [5.74, 6) is 0.871. The molecular weight excluding hydrogens is 295 g/mol. The van der Waals surface area contributed by atoms with Crippen LogP contribution in [0.25, 0.3) is 10.9 Å². The average Bonchev–Trinajstić information content (AvgIpc) is 2.78. The van der Waals surface area contributed by atoms with Gasteiger partial charge in [-0.05, 0) is 51.1 Å². The molecule has 0 saturated heterocycles. The molecule has 1 unspecified atom stereocenters. The number of methoxy groups -OCH3 is 1. The van der Waals surface area contributed by atoms with Gasteiger partial charge in [-0.1, -0.05) is 11.6 Å². The van der Waals surface area contributed by atoms with Crippen LogP contribution in [0, 0.1) is 0 Å². The summed E-state index contributed by atoms with van der Waals surface area (Å²) in [7, 11) is 5.99. The zero-order valence-corrected chi connectivity index (χ0v) is 13.6. The first-order valence-corrected chi connectivity index (χ1v) is 7.02. The smallest absolute Gasteiger partial charge is 0.143 e. The van der Waals surface area contributed by atoms with E-state index in [1.54, 1.807) is 7.11 Å². The largest absolute Gasteiger partial charge is 0.495 e. The van der Waals surface area contributed by atoms with Gasteiger partial charge in [0, 0.05) is 17.1 Å². The molecule has 2 aromatic rings. The Bertz CT molecular complexity index is 622. The predicted octanol–water partition coefficient (Wildman–Crippen LogP) is 3.67. The molecule has 0 bridgehead atoms. The van der Waals surface area contributed by atoms with Crippen LogP contribution in [0.4, 0.5) is 0 Å². The maximum atomic E-state index is 6.40. The second kappa shape index (κ2) is 5.84. The molecule has 3 nitrogen and oxygen atoms in total. The summed E-state index contributed by atoms with van der Waals surface area (Å²) in [6, 6.07) is 4.44. The first-order chi connectivity index (χ1) is 9.11. The maximum Gasteiger partial charge on any atom is 0.143 e. The number of likely N-dealkylation sites (N-methyl/N-ethyl adjacent to an activating group) is 1. The number of nitrogens with zero attached hydrogens (tertiary/aromatic N) is 1. The molecule has 5 heteroatoms. The first-order valence-electron chi connectivity index (χ1n) is 6.64. The number of halogens is 2. The fraction of sp³-hybridized carbons (Fsp3) is 0.467. The molecule has 3 rings (SSSR count). The van der Waals surface area contributed by atoms with E-state index in [0.29, 0.717) is 6.04 Å². The summed E-state index contributed by atoms with van der Waals surface area (Å²) in [6.07, 6.45) is 3.31. The molecule has 1 aromatic heterocycles. The van der Waals surface area contributed by atoms with Crippen LogP contribution in [0.2, 0.25) is 5.02 Å². The van der Waals surface area contributed by atoms with Crippen LogP contribution < -0.4 is 4.74 Å². The topological polar surface area (TPSA) is 28.3 Å². The Labute approximate surface area is 130 Å². The van der Waals surface area contributed by atoms with E-state index in [0.717, 1.165) is 34.5 Å². The molecule has 1 atom stereocenters. The number of nitrogens with one attached hydrogen (secondary N) is 1. The molecule has 0 saturated carbocycles. The minimum absolute atomic E-state index is 0. The summed E-state index contributed by atoms with van der Waals surface area (Å²) in [5, 5.41) is 1.95. The monoisotopic (exact) mass is 314 g/mol.